The maximum absolute atomic E-state index is 13.8. The van der Waals surface area contributed by atoms with Gasteiger partial charge in [-0.2, -0.15) is 0 Å². The molecule has 2 heterocycles. The number of aromatic nitrogens is 1. The van der Waals surface area contributed by atoms with E-state index < -0.39 is 0 Å². The number of nitrogens with zero attached hydrogens (tertiary/aromatic N) is 1. The molecule has 19 heavy (non-hydrogen) atoms. The zero-order valence-corrected chi connectivity index (χ0v) is 10.4. The Labute approximate surface area is 110 Å². The van der Waals surface area contributed by atoms with E-state index in [9.17, 15) is 4.39 Å². The number of rotatable bonds is 3. The average molecular weight is 256 g/mol. The molecule has 0 aliphatic carbocycles. The fraction of sp³-hybridized carbons (Fsp3) is 0.133. The molecule has 0 radical (unpaired) electrons. The molecule has 0 amide bonds. The molecule has 4 heteroatoms. The summed E-state index contributed by atoms with van der Waals surface area (Å²) >= 11 is 0. The third-order valence-electron chi connectivity index (χ3n) is 3.13. The zero-order chi connectivity index (χ0) is 13.2. The molecule has 3 nitrogen and oxygen atoms in total. The van der Waals surface area contributed by atoms with E-state index in [0.29, 0.717) is 11.3 Å². The molecule has 0 saturated heterocycles. The molecule has 2 aromatic heterocycles. The molecule has 1 aromatic carbocycles. The van der Waals surface area contributed by atoms with Crippen molar-refractivity contribution < 1.29 is 8.81 Å². The van der Waals surface area contributed by atoms with Crippen LogP contribution in [0.15, 0.2) is 53.2 Å². The third-order valence-corrected chi connectivity index (χ3v) is 3.13. The van der Waals surface area contributed by atoms with Crippen LogP contribution in [0.5, 0.6) is 0 Å². The normalized spacial score (nSPS) is 12.7. The summed E-state index contributed by atoms with van der Waals surface area (Å²) in [4.78, 5) is 3.76. The van der Waals surface area contributed by atoms with Crippen molar-refractivity contribution in [2.45, 2.75) is 6.04 Å². The third kappa shape index (κ3) is 2.11. The second-order valence-corrected chi connectivity index (χ2v) is 4.31. The summed E-state index contributed by atoms with van der Waals surface area (Å²) in [6.07, 6.45) is 2.79. The SMILES string of the molecule is CNC(c1cc2ccccc2o1)c1ccncc1F. The largest absolute Gasteiger partial charge is 0.459 e. The van der Waals surface area contributed by atoms with Gasteiger partial charge in [0.05, 0.1) is 12.2 Å². The lowest BCUT2D eigenvalue weighted by molar-refractivity contribution is 0.475. The Kier molecular flexibility index (Phi) is 3.01. The van der Waals surface area contributed by atoms with Gasteiger partial charge in [0.25, 0.3) is 0 Å². The van der Waals surface area contributed by atoms with Crippen molar-refractivity contribution in [3.8, 4) is 0 Å². The molecule has 0 saturated carbocycles. The topological polar surface area (TPSA) is 38.1 Å². The van der Waals surface area contributed by atoms with Gasteiger partial charge in [-0.3, -0.25) is 4.98 Å². The van der Waals surface area contributed by atoms with Crippen LogP contribution in [-0.4, -0.2) is 12.0 Å². The molecular weight excluding hydrogens is 243 g/mol. The van der Waals surface area contributed by atoms with Gasteiger partial charge in [-0.05, 0) is 25.2 Å². The summed E-state index contributed by atoms with van der Waals surface area (Å²) in [5.74, 6) is 0.344. The van der Waals surface area contributed by atoms with E-state index >= 15 is 0 Å². The van der Waals surface area contributed by atoms with Crippen LogP contribution in [0.1, 0.15) is 17.4 Å². The maximum atomic E-state index is 13.8. The van der Waals surface area contributed by atoms with Gasteiger partial charge >= 0.3 is 0 Å². The minimum absolute atomic E-state index is 0.324. The van der Waals surface area contributed by atoms with Gasteiger partial charge in [-0.15, -0.1) is 0 Å². The first-order chi connectivity index (χ1) is 9.29. The molecule has 0 fully saturated rings. The molecule has 0 spiro atoms. The lowest BCUT2D eigenvalue weighted by Gasteiger charge is -2.14. The molecule has 3 aromatic rings. The molecule has 1 unspecified atom stereocenters. The molecule has 3 rings (SSSR count). The van der Waals surface area contributed by atoms with Crippen LogP contribution in [-0.2, 0) is 0 Å². The fourth-order valence-electron chi connectivity index (χ4n) is 2.22. The highest BCUT2D eigenvalue weighted by Gasteiger charge is 2.19. The van der Waals surface area contributed by atoms with Gasteiger partial charge in [-0.25, -0.2) is 4.39 Å². The molecule has 0 aliphatic heterocycles. The molecule has 1 atom stereocenters. The van der Waals surface area contributed by atoms with Crippen LogP contribution >= 0.6 is 0 Å². The first-order valence-electron chi connectivity index (χ1n) is 6.05. The quantitative estimate of drug-likeness (QED) is 0.781. The van der Waals surface area contributed by atoms with Crippen LogP contribution in [0.25, 0.3) is 11.0 Å². The number of furan rings is 1. The highest BCUT2D eigenvalue weighted by molar-refractivity contribution is 5.77. The molecule has 1 N–H and O–H groups in total. The summed E-state index contributed by atoms with van der Waals surface area (Å²) in [5, 5.41) is 4.08. The Morgan fingerprint density at radius 2 is 2.11 bits per heavy atom. The van der Waals surface area contributed by atoms with Crippen molar-refractivity contribution in [1.29, 1.82) is 0 Å². The first-order valence-corrected chi connectivity index (χ1v) is 6.05. The number of benzene rings is 1. The monoisotopic (exact) mass is 256 g/mol. The van der Waals surface area contributed by atoms with Crippen molar-refractivity contribution in [3.05, 3.63) is 65.9 Å². The van der Waals surface area contributed by atoms with Crippen LogP contribution in [0, 0.1) is 5.82 Å². The molecule has 0 aliphatic rings. The highest BCUT2D eigenvalue weighted by Crippen LogP contribution is 2.28. The number of halogens is 1. The minimum Gasteiger partial charge on any atom is -0.459 e. The second kappa shape index (κ2) is 4.82. The first kappa shape index (κ1) is 11.9. The number of hydrogen-bond acceptors (Lipinski definition) is 3. The summed E-state index contributed by atoms with van der Waals surface area (Å²) < 4.78 is 19.6. The Morgan fingerprint density at radius 3 is 2.84 bits per heavy atom. The lowest BCUT2D eigenvalue weighted by atomic mass is 10.1. The number of hydrogen-bond donors (Lipinski definition) is 1. The van der Waals surface area contributed by atoms with E-state index in [1.54, 1.807) is 19.3 Å². The highest BCUT2D eigenvalue weighted by atomic mass is 19.1. The predicted molar refractivity (Wildman–Crippen MR) is 71.3 cm³/mol. The number of nitrogens with one attached hydrogen (secondary N) is 1. The van der Waals surface area contributed by atoms with Crippen LogP contribution in [0.3, 0.4) is 0 Å². The van der Waals surface area contributed by atoms with Crippen LogP contribution < -0.4 is 5.32 Å². The number of pyridine rings is 1. The minimum atomic E-state index is -0.345. The Morgan fingerprint density at radius 1 is 1.26 bits per heavy atom. The molecule has 96 valence electrons. The predicted octanol–water partition coefficient (Wildman–Crippen LogP) is 3.28. The number of para-hydroxylation sites is 1. The van der Waals surface area contributed by atoms with Crippen molar-refractivity contribution >= 4 is 11.0 Å². The van der Waals surface area contributed by atoms with E-state index in [-0.39, 0.29) is 11.9 Å². The van der Waals surface area contributed by atoms with Gasteiger partial charge in [0, 0.05) is 17.1 Å². The van der Waals surface area contributed by atoms with E-state index in [1.165, 1.54) is 6.20 Å². The number of fused-ring (bicyclic) bond motifs is 1. The van der Waals surface area contributed by atoms with Gasteiger partial charge < -0.3 is 9.73 Å². The van der Waals surface area contributed by atoms with Crippen LogP contribution in [0.4, 0.5) is 4.39 Å². The summed E-state index contributed by atoms with van der Waals surface area (Å²) in [6.45, 7) is 0. The maximum Gasteiger partial charge on any atom is 0.146 e. The second-order valence-electron chi connectivity index (χ2n) is 4.31. The summed E-state index contributed by atoms with van der Waals surface area (Å²) in [5.41, 5.74) is 1.32. The van der Waals surface area contributed by atoms with Crippen molar-refractivity contribution in [3.63, 3.8) is 0 Å². The average Bonchev–Trinajstić information content (AvgIpc) is 2.85. The Bertz CT molecular complexity index is 675. The Balaban J connectivity index is 2.09. The van der Waals surface area contributed by atoms with Crippen molar-refractivity contribution in [2.75, 3.05) is 7.05 Å². The van der Waals surface area contributed by atoms with E-state index in [4.69, 9.17) is 4.42 Å². The van der Waals surface area contributed by atoms with E-state index in [2.05, 4.69) is 10.3 Å². The zero-order valence-electron chi connectivity index (χ0n) is 10.4. The van der Waals surface area contributed by atoms with Gasteiger partial charge in [0.2, 0.25) is 0 Å². The van der Waals surface area contributed by atoms with Crippen LogP contribution in [0.2, 0.25) is 0 Å². The summed E-state index contributed by atoms with van der Waals surface area (Å²) in [6, 6.07) is 11.0. The fourth-order valence-corrected chi connectivity index (χ4v) is 2.22. The summed E-state index contributed by atoms with van der Waals surface area (Å²) in [7, 11) is 1.78. The Hall–Kier alpha value is -2.20. The van der Waals surface area contributed by atoms with Crippen molar-refractivity contribution in [2.24, 2.45) is 0 Å². The molecular formula is C15H13FN2O. The molecule has 0 bridgehead atoms. The van der Waals surface area contributed by atoms with Gasteiger partial charge in [0.15, 0.2) is 0 Å². The van der Waals surface area contributed by atoms with Crippen molar-refractivity contribution in [1.82, 2.24) is 10.3 Å². The van der Waals surface area contributed by atoms with E-state index in [0.717, 1.165) is 11.0 Å². The van der Waals surface area contributed by atoms with Gasteiger partial charge in [0.1, 0.15) is 17.2 Å². The smallest absolute Gasteiger partial charge is 0.146 e. The lowest BCUT2D eigenvalue weighted by Crippen LogP contribution is -2.18. The standard InChI is InChI=1S/C15H13FN2O/c1-17-15(11-6-7-18-9-12(11)16)14-8-10-4-2-3-5-13(10)19-14/h2-9,15,17H,1H3. The van der Waals surface area contributed by atoms with E-state index in [1.807, 2.05) is 30.3 Å². The van der Waals surface area contributed by atoms with Gasteiger partial charge in [-0.1, -0.05) is 18.2 Å².